The molecule has 0 N–H and O–H groups in total. The highest BCUT2D eigenvalue weighted by Crippen LogP contribution is 2.14. The van der Waals surface area contributed by atoms with Crippen LogP contribution in [-0.4, -0.2) is 23.1 Å². The first-order valence-corrected chi connectivity index (χ1v) is 3.61. The van der Waals surface area contributed by atoms with Gasteiger partial charge in [-0.25, -0.2) is 14.4 Å². The molecule has 0 saturated heterocycles. The van der Waals surface area contributed by atoms with Crippen LogP contribution in [0.1, 0.15) is 0 Å². The van der Waals surface area contributed by atoms with Gasteiger partial charge in [0.1, 0.15) is 18.8 Å². The Morgan fingerprint density at radius 3 is 2.77 bits per heavy atom. The highest BCUT2D eigenvalue weighted by Gasteiger charge is 2.15. The summed E-state index contributed by atoms with van der Waals surface area (Å²) in [5.41, 5.74) is 0. The molecular formula is C7H6F2N4. The minimum Gasteiger partial charge on any atom is -0.234 e. The molecule has 1 aromatic heterocycles. The standard InChI is InChI=1S/C7H6F2N4/c8-6-1-2-7(10-3-6)13-5-12(9)4-11-13/h1-4H,5H2. The molecule has 0 unspecified atom stereocenters. The van der Waals surface area contributed by atoms with Crippen LogP contribution in [0.5, 0.6) is 0 Å². The molecule has 0 radical (unpaired) electrons. The first-order valence-electron chi connectivity index (χ1n) is 3.61. The van der Waals surface area contributed by atoms with Crippen molar-refractivity contribution in [3.63, 3.8) is 0 Å². The van der Waals surface area contributed by atoms with Crippen LogP contribution in [0, 0.1) is 5.82 Å². The van der Waals surface area contributed by atoms with E-state index in [2.05, 4.69) is 10.1 Å². The lowest BCUT2D eigenvalue weighted by Crippen LogP contribution is -2.20. The minimum atomic E-state index is -0.427. The van der Waals surface area contributed by atoms with Crippen molar-refractivity contribution >= 4 is 12.2 Å². The maximum atomic E-state index is 12.5. The van der Waals surface area contributed by atoms with Crippen molar-refractivity contribution in [2.24, 2.45) is 5.10 Å². The minimum absolute atomic E-state index is 0.0152. The van der Waals surface area contributed by atoms with Gasteiger partial charge < -0.3 is 0 Å². The molecule has 0 atom stereocenters. The fourth-order valence-corrected chi connectivity index (χ4v) is 0.972. The molecule has 4 nitrogen and oxygen atoms in total. The summed E-state index contributed by atoms with van der Waals surface area (Å²) in [6, 6.07) is 2.69. The molecule has 0 aromatic carbocycles. The summed E-state index contributed by atoms with van der Waals surface area (Å²) in [6.07, 6.45) is 2.09. The van der Waals surface area contributed by atoms with E-state index in [9.17, 15) is 8.87 Å². The Morgan fingerprint density at radius 1 is 1.38 bits per heavy atom. The van der Waals surface area contributed by atoms with Crippen molar-refractivity contribution in [1.82, 2.24) is 10.1 Å². The van der Waals surface area contributed by atoms with Crippen molar-refractivity contribution in [2.45, 2.75) is 0 Å². The molecular weight excluding hydrogens is 178 g/mol. The molecule has 0 amide bonds. The van der Waals surface area contributed by atoms with E-state index in [4.69, 9.17) is 0 Å². The van der Waals surface area contributed by atoms with Crippen molar-refractivity contribution < 1.29 is 8.87 Å². The van der Waals surface area contributed by atoms with Crippen LogP contribution in [0.15, 0.2) is 23.4 Å². The predicted octanol–water partition coefficient (Wildman–Crippen LogP) is 1.13. The van der Waals surface area contributed by atoms with Crippen molar-refractivity contribution in [1.29, 1.82) is 0 Å². The molecule has 6 heteroatoms. The van der Waals surface area contributed by atoms with Gasteiger partial charge in [0.15, 0.2) is 5.82 Å². The van der Waals surface area contributed by atoms with E-state index in [1.165, 1.54) is 17.1 Å². The molecule has 2 heterocycles. The molecule has 1 aliphatic rings. The van der Waals surface area contributed by atoms with Crippen LogP contribution in [0.3, 0.4) is 0 Å². The van der Waals surface area contributed by atoms with E-state index in [0.29, 0.717) is 10.9 Å². The third kappa shape index (κ3) is 1.56. The first kappa shape index (κ1) is 7.90. The summed E-state index contributed by atoms with van der Waals surface area (Å²) >= 11 is 0. The Morgan fingerprint density at radius 2 is 2.23 bits per heavy atom. The second-order valence-electron chi connectivity index (χ2n) is 2.51. The van der Waals surface area contributed by atoms with Gasteiger partial charge in [-0.1, -0.05) is 4.48 Å². The van der Waals surface area contributed by atoms with Crippen molar-refractivity contribution in [3.8, 4) is 0 Å². The van der Waals surface area contributed by atoms with Crippen LogP contribution in [0.2, 0.25) is 0 Å². The zero-order valence-corrected chi connectivity index (χ0v) is 6.56. The Hall–Kier alpha value is -1.72. The predicted molar refractivity (Wildman–Crippen MR) is 43.0 cm³/mol. The van der Waals surface area contributed by atoms with Gasteiger partial charge in [0.25, 0.3) is 0 Å². The average molecular weight is 184 g/mol. The van der Waals surface area contributed by atoms with Crippen LogP contribution < -0.4 is 5.01 Å². The fraction of sp³-hybridized carbons (Fsp3) is 0.143. The van der Waals surface area contributed by atoms with Crippen LogP contribution >= 0.6 is 0 Å². The zero-order valence-electron chi connectivity index (χ0n) is 6.56. The number of hydrazone groups is 1. The van der Waals surface area contributed by atoms with E-state index in [0.717, 1.165) is 12.5 Å². The zero-order chi connectivity index (χ0) is 9.26. The molecule has 0 bridgehead atoms. The number of anilines is 1. The third-order valence-electron chi connectivity index (χ3n) is 1.56. The van der Waals surface area contributed by atoms with E-state index in [1.807, 2.05) is 0 Å². The Bertz CT molecular complexity index is 324. The smallest absolute Gasteiger partial charge is 0.151 e. The SMILES string of the molecule is Fc1ccc(N2CN(F)C=N2)nc1. The van der Waals surface area contributed by atoms with Crippen molar-refractivity contribution in [3.05, 3.63) is 24.1 Å². The summed E-state index contributed by atoms with van der Waals surface area (Å²) in [4.78, 5) is 3.74. The highest BCUT2D eigenvalue weighted by molar-refractivity contribution is 5.60. The number of halogens is 2. The van der Waals surface area contributed by atoms with Crippen LogP contribution in [-0.2, 0) is 0 Å². The molecule has 68 valence electrons. The molecule has 2 rings (SSSR count). The van der Waals surface area contributed by atoms with Crippen LogP contribution in [0.25, 0.3) is 0 Å². The normalized spacial score (nSPS) is 15.5. The van der Waals surface area contributed by atoms with Gasteiger partial charge in [0, 0.05) is 0 Å². The Kier molecular flexibility index (Phi) is 1.80. The fourth-order valence-electron chi connectivity index (χ4n) is 0.972. The number of nitrogens with zero attached hydrogens (tertiary/aromatic N) is 4. The second-order valence-corrected chi connectivity index (χ2v) is 2.51. The number of pyridine rings is 1. The van der Waals surface area contributed by atoms with Gasteiger partial charge in [-0.2, -0.15) is 10.2 Å². The number of hydrogen-bond acceptors (Lipinski definition) is 4. The molecule has 0 saturated carbocycles. The molecule has 0 aliphatic carbocycles. The lowest BCUT2D eigenvalue weighted by Gasteiger charge is -2.11. The first-order chi connectivity index (χ1) is 6.25. The highest BCUT2D eigenvalue weighted by atomic mass is 19.2. The van der Waals surface area contributed by atoms with E-state index >= 15 is 0 Å². The third-order valence-corrected chi connectivity index (χ3v) is 1.56. The van der Waals surface area contributed by atoms with Gasteiger partial charge in [0.05, 0.1) is 6.20 Å². The Balaban J connectivity index is 2.18. The summed E-state index contributed by atoms with van der Waals surface area (Å²) in [5.74, 6) is -0.0122. The molecule has 1 aromatic rings. The summed E-state index contributed by atoms with van der Waals surface area (Å²) in [7, 11) is 0. The second kappa shape index (κ2) is 2.96. The molecule has 13 heavy (non-hydrogen) atoms. The van der Waals surface area contributed by atoms with Gasteiger partial charge >= 0.3 is 0 Å². The quantitative estimate of drug-likeness (QED) is 0.613. The number of aromatic nitrogens is 1. The largest absolute Gasteiger partial charge is 0.234 e. The number of hydrogen-bond donors (Lipinski definition) is 0. The van der Waals surface area contributed by atoms with E-state index in [-0.39, 0.29) is 6.67 Å². The summed E-state index contributed by atoms with van der Waals surface area (Å²) in [6.45, 7) is -0.0152. The van der Waals surface area contributed by atoms with Gasteiger partial charge in [-0.3, -0.25) is 0 Å². The number of rotatable bonds is 1. The summed E-state index contributed by atoms with van der Waals surface area (Å²) in [5, 5.41) is 5.42. The molecule has 0 spiro atoms. The topological polar surface area (TPSA) is 31.7 Å². The maximum absolute atomic E-state index is 12.5. The molecule has 1 aliphatic heterocycles. The van der Waals surface area contributed by atoms with Crippen molar-refractivity contribution in [2.75, 3.05) is 11.7 Å². The molecule has 0 fully saturated rings. The Labute approximate surface area is 73.0 Å². The van der Waals surface area contributed by atoms with E-state index in [1.54, 1.807) is 0 Å². The average Bonchev–Trinajstić information content (AvgIpc) is 2.53. The van der Waals surface area contributed by atoms with Gasteiger partial charge in [-0.05, 0) is 12.1 Å². The maximum Gasteiger partial charge on any atom is 0.151 e. The lowest BCUT2D eigenvalue weighted by molar-refractivity contribution is 0.142. The van der Waals surface area contributed by atoms with Gasteiger partial charge in [0.2, 0.25) is 0 Å². The summed E-state index contributed by atoms with van der Waals surface area (Å²) < 4.78 is 24.9. The van der Waals surface area contributed by atoms with E-state index < -0.39 is 5.82 Å². The monoisotopic (exact) mass is 184 g/mol. The lowest BCUT2D eigenvalue weighted by atomic mass is 10.4. The van der Waals surface area contributed by atoms with Crippen LogP contribution in [0.4, 0.5) is 14.7 Å². The van der Waals surface area contributed by atoms with Gasteiger partial charge in [-0.15, -0.1) is 0 Å².